The van der Waals surface area contributed by atoms with Crippen molar-refractivity contribution in [2.24, 2.45) is 0 Å². The number of amides is 1. The third kappa shape index (κ3) is 4.18. The number of carbonyl (C=O) groups is 1. The molecule has 2 rings (SSSR count). The van der Waals surface area contributed by atoms with Gasteiger partial charge >= 0.3 is 6.09 Å². The summed E-state index contributed by atoms with van der Waals surface area (Å²) in [5.74, 6) is 6.53. The van der Waals surface area contributed by atoms with Gasteiger partial charge in [-0.05, 0) is 18.2 Å². The van der Waals surface area contributed by atoms with Crippen LogP contribution in [0.2, 0.25) is 0 Å². The number of aliphatic hydroxyl groups excluding tert-OH is 1. The minimum absolute atomic E-state index is 0.0646. The van der Waals surface area contributed by atoms with Gasteiger partial charge in [0, 0.05) is 12.0 Å². The van der Waals surface area contributed by atoms with Gasteiger partial charge in [-0.2, -0.15) is 0 Å². The van der Waals surface area contributed by atoms with Gasteiger partial charge in [-0.15, -0.1) is 0 Å². The zero-order chi connectivity index (χ0) is 14.2. The Balaban J connectivity index is 1.82. The summed E-state index contributed by atoms with van der Waals surface area (Å²) in [4.78, 5) is 12.8. The highest BCUT2D eigenvalue weighted by Gasteiger charge is 2.21. The maximum atomic E-state index is 11.2. The summed E-state index contributed by atoms with van der Waals surface area (Å²) >= 11 is 0. The fourth-order valence-corrected chi connectivity index (χ4v) is 1.79. The van der Waals surface area contributed by atoms with Crippen LogP contribution in [-0.2, 0) is 4.74 Å². The second-order valence-corrected chi connectivity index (χ2v) is 4.25. The van der Waals surface area contributed by atoms with Crippen LogP contribution < -0.4 is 4.74 Å². The second-order valence-electron chi connectivity index (χ2n) is 4.25. The Hall–Kier alpha value is -2.19. The molecule has 1 aliphatic heterocycles. The molecule has 0 spiro atoms. The summed E-state index contributed by atoms with van der Waals surface area (Å²) in [6.07, 6.45) is 0.180. The lowest BCUT2D eigenvalue weighted by Gasteiger charge is -2.13. The molecule has 1 aromatic rings. The van der Waals surface area contributed by atoms with E-state index < -0.39 is 0 Å². The number of benzene rings is 1. The van der Waals surface area contributed by atoms with Crippen LogP contribution in [0.5, 0.6) is 5.75 Å². The Bertz CT molecular complexity index is 518. The van der Waals surface area contributed by atoms with Gasteiger partial charge in [0.05, 0.1) is 19.7 Å². The number of hydrogen-bond acceptors (Lipinski definition) is 4. The molecular weight excluding hydrogens is 258 g/mol. The summed E-state index contributed by atoms with van der Waals surface area (Å²) in [6, 6.07) is 7.43. The van der Waals surface area contributed by atoms with Crippen LogP contribution in [-0.4, -0.2) is 49.0 Å². The molecular formula is C15H17NO4. The number of hydrogen-bond donors (Lipinski definition) is 1. The van der Waals surface area contributed by atoms with Gasteiger partial charge < -0.3 is 19.5 Å². The van der Waals surface area contributed by atoms with Crippen LogP contribution >= 0.6 is 0 Å². The van der Waals surface area contributed by atoms with Crippen LogP contribution in [0.15, 0.2) is 24.3 Å². The molecule has 1 heterocycles. The summed E-state index contributed by atoms with van der Waals surface area (Å²) < 4.78 is 10.4. The van der Waals surface area contributed by atoms with Crippen LogP contribution in [0.3, 0.4) is 0 Å². The van der Waals surface area contributed by atoms with E-state index in [1.54, 1.807) is 4.90 Å². The quantitative estimate of drug-likeness (QED) is 0.822. The van der Waals surface area contributed by atoms with Gasteiger partial charge in [-0.1, -0.05) is 17.9 Å². The predicted molar refractivity (Wildman–Crippen MR) is 73.4 cm³/mol. The van der Waals surface area contributed by atoms with Crippen LogP contribution in [0.1, 0.15) is 12.0 Å². The zero-order valence-electron chi connectivity index (χ0n) is 11.2. The van der Waals surface area contributed by atoms with E-state index >= 15 is 0 Å². The maximum Gasteiger partial charge on any atom is 0.410 e. The first-order chi connectivity index (χ1) is 9.79. The average molecular weight is 275 g/mol. The third-order valence-corrected chi connectivity index (χ3v) is 2.78. The summed E-state index contributed by atoms with van der Waals surface area (Å²) in [5, 5.41) is 8.67. The highest BCUT2D eigenvalue weighted by atomic mass is 16.6. The molecule has 0 aliphatic carbocycles. The molecule has 0 aromatic heterocycles. The number of ether oxygens (including phenoxy) is 2. The molecule has 0 saturated carbocycles. The molecule has 5 nitrogen and oxygen atoms in total. The largest absolute Gasteiger partial charge is 0.492 e. The highest BCUT2D eigenvalue weighted by molar-refractivity contribution is 5.69. The fraction of sp³-hybridized carbons (Fsp3) is 0.400. The van der Waals surface area contributed by atoms with E-state index in [2.05, 4.69) is 11.8 Å². The monoisotopic (exact) mass is 275 g/mol. The van der Waals surface area contributed by atoms with Gasteiger partial charge in [-0.25, -0.2) is 4.79 Å². The normalized spacial score (nSPS) is 13.7. The van der Waals surface area contributed by atoms with Crippen LogP contribution in [0.4, 0.5) is 4.79 Å². The van der Waals surface area contributed by atoms with Crippen molar-refractivity contribution in [1.82, 2.24) is 4.90 Å². The van der Waals surface area contributed by atoms with Gasteiger partial charge in [-0.3, -0.25) is 0 Å². The van der Waals surface area contributed by atoms with E-state index in [0.717, 1.165) is 5.56 Å². The molecule has 1 fully saturated rings. The van der Waals surface area contributed by atoms with Gasteiger partial charge in [0.1, 0.15) is 19.0 Å². The van der Waals surface area contributed by atoms with Crippen molar-refractivity contribution >= 4 is 6.09 Å². The lowest BCUT2D eigenvalue weighted by Crippen LogP contribution is -2.29. The smallest absolute Gasteiger partial charge is 0.410 e. The molecule has 1 amide bonds. The minimum atomic E-state index is -0.280. The van der Waals surface area contributed by atoms with E-state index in [9.17, 15) is 4.79 Å². The predicted octanol–water partition coefficient (Wildman–Crippen LogP) is 1.25. The zero-order valence-corrected chi connectivity index (χ0v) is 11.2. The molecule has 0 radical (unpaired) electrons. The first-order valence-electron chi connectivity index (χ1n) is 6.54. The molecule has 20 heavy (non-hydrogen) atoms. The third-order valence-electron chi connectivity index (χ3n) is 2.78. The Morgan fingerprint density at radius 2 is 2.35 bits per heavy atom. The molecule has 1 aliphatic rings. The number of cyclic esters (lactones) is 1. The number of nitrogens with zero attached hydrogens (tertiary/aromatic N) is 1. The summed E-state index contributed by atoms with van der Waals surface area (Å²) in [5.41, 5.74) is 0.844. The van der Waals surface area contributed by atoms with Crippen LogP contribution in [0.25, 0.3) is 0 Å². The highest BCUT2D eigenvalue weighted by Crippen LogP contribution is 2.13. The SMILES string of the molecule is O=C1OCCN1CCOc1cccc(C#CCCO)c1. The maximum absolute atomic E-state index is 11.2. The fourth-order valence-electron chi connectivity index (χ4n) is 1.79. The van der Waals surface area contributed by atoms with Crippen molar-refractivity contribution in [3.05, 3.63) is 29.8 Å². The van der Waals surface area contributed by atoms with E-state index in [-0.39, 0.29) is 12.7 Å². The molecule has 1 saturated heterocycles. The van der Waals surface area contributed by atoms with Crippen molar-refractivity contribution in [1.29, 1.82) is 0 Å². The summed E-state index contributed by atoms with van der Waals surface area (Å²) in [7, 11) is 0. The topological polar surface area (TPSA) is 59.0 Å². The lowest BCUT2D eigenvalue weighted by molar-refractivity contribution is 0.153. The number of rotatable bonds is 5. The minimum Gasteiger partial charge on any atom is -0.492 e. The Kier molecular flexibility index (Phi) is 5.27. The van der Waals surface area contributed by atoms with Crippen molar-refractivity contribution in [3.63, 3.8) is 0 Å². The van der Waals surface area contributed by atoms with E-state index in [1.165, 1.54) is 0 Å². The van der Waals surface area contributed by atoms with E-state index in [4.69, 9.17) is 14.6 Å². The second kappa shape index (κ2) is 7.41. The Labute approximate surface area is 118 Å². The molecule has 0 atom stereocenters. The van der Waals surface area contributed by atoms with E-state index in [1.807, 2.05) is 24.3 Å². The molecule has 1 N–H and O–H groups in total. The van der Waals surface area contributed by atoms with Gasteiger partial charge in [0.2, 0.25) is 0 Å². The first-order valence-corrected chi connectivity index (χ1v) is 6.54. The first kappa shape index (κ1) is 14.2. The number of carbonyl (C=O) groups excluding carboxylic acids is 1. The van der Waals surface area contributed by atoms with Crippen molar-refractivity contribution in [2.75, 3.05) is 32.9 Å². The Morgan fingerprint density at radius 1 is 1.45 bits per heavy atom. The Morgan fingerprint density at radius 3 is 3.10 bits per heavy atom. The standard InChI is InChI=1S/C15H17NO4/c17-9-2-1-4-13-5-3-6-14(12-13)19-10-7-16-8-11-20-15(16)18/h3,5-6,12,17H,2,7-11H2. The lowest BCUT2D eigenvalue weighted by atomic mass is 10.2. The van der Waals surface area contributed by atoms with Crippen molar-refractivity contribution in [3.8, 4) is 17.6 Å². The average Bonchev–Trinajstić information content (AvgIpc) is 2.85. The van der Waals surface area contributed by atoms with Crippen molar-refractivity contribution in [2.45, 2.75) is 6.42 Å². The molecule has 1 aromatic carbocycles. The van der Waals surface area contributed by atoms with Crippen LogP contribution in [0, 0.1) is 11.8 Å². The van der Waals surface area contributed by atoms with E-state index in [0.29, 0.717) is 38.5 Å². The molecule has 0 bridgehead atoms. The van der Waals surface area contributed by atoms with Gasteiger partial charge in [0.25, 0.3) is 0 Å². The summed E-state index contributed by atoms with van der Waals surface area (Å²) in [6.45, 7) is 2.07. The van der Waals surface area contributed by atoms with Gasteiger partial charge in [0.15, 0.2) is 0 Å². The molecule has 106 valence electrons. The molecule has 5 heteroatoms. The van der Waals surface area contributed by atoms with Crippen molar-refractivity contribution < 1.29 is 19.4 Å². The number of aliphatic hydroxyl groups is 1. The molecule has 0 unspecified atom stereocenters.